The molecule has 0 saturated carbocycles. The molecule has 0 amide bonds. The van der Waals surface area contributed by atoms with Gasteiger partial charge in [-0.15, -0.1) is 0 Å². The number of nitrogens with two attached hydrogens (primary N) is 1. The topological polar surface area (TPSA) is 150 Å². The molecule has 2 aromatic rings. The van der Waals surface area contributed by atoms with E-state index in [1.807, 2.05) is 13.3 Å². The maximum absolute atomic E-state index is 7.95. The standard InChI is InChI=1S/C24H42N6O2.C3H7O2P.CH4O/c1-17(2)13-19-8-9-20(32-19)30-16-29-21-22(27-15-28-23(21)30)26-14-24(4,5)10-12-31-18(3)7-6-11-25;1-2-3-5-6-4;1-2/h15-20H,6-14,25H2,1-5H3,(H,26,27,28);2-4,6H,1H3;2H,1H3/t18?,19-,20?;;/m0../s1. The van der Waals surface area contributed by atoms with Gasteiger partial charge in [0.1, 0.15) is 12.6 Å². The van der Waals surface area contributed by atoms with Gasteiger partial charge in [-0.1, -0.05) is 33.8 Å². The van der Waals surface area contributed by atoms with Crippen LogP contribution in [-0.4, -0.2) is 68.5 Å². The summed E-state index contributed by atoms with van der Waals surface area (Å²) in [6.07, 6.45) is 13.3. The van der Waals surface area contributed by atoms with Gasteiger partial charge in [-0.2, -0.15) is 0 Å². The lowest BCUT2D eigenvalue weighted by Crippen LogP contribution is -2.26. The van der Waals surface area contributed by atoms with E-state index in [0.717, 1.165) is 82.3 Å². The van der Waals surface area contributed by atoms with Gasteiger partial charge in [0.05, 0.1) is 24.8 Å². The van der Waals surface area contributed by atoms with Crippen molar-refractivity contribution in [2.24, 2.45) is 17.1 Å². The molecule has 5 N–H and O–H groups in total. The molecule has 3 heterocycles. The van der Waals surface area contributed by atoms with E-state index in [9.17, 15) is 0 Å². The predicted octanol–water partition coefficient (Wildman–Crippen LogP) is 5.17. The third kappa shape index (κ3) is 13.2. The van der Waals surface area contributed by atoms with E-state index < -0.39 is 9.03 Å². The molecule has 11 nitrogen and oxygen atoms in total. The Labute approximate surface area is 242 Å². The van der Waals surface area contributed by atoms with Crippen LogP contribution in [0.3, 0.4) is 0 Å². The van der Waals surface area contributed by atoms with Crippen LogP contribution in [0.4, 0.5) is 5.82 Å². The summed E-state index contributed by atoms with van der Waals surface area (Å²) in [6.45, 7) is 15.1. The molecule has 2 aromatic heterocycles. The number of aliphatic hydroxyl groups is 1. The molecule has 1 saturated heterocycles. The number of allylic oxidation sites excluding steroid dienone is 1. The molecular weight excluding hydrogens is 531 g/mol. The Hall–Kier alpha value is -1.88. The minimum absolute atomic E-state index is 0.00125. The highest BCUT2D eigenvalue weighted by molar-refractivity contribution is 7.25. The zero-order chi connectivity index (χ0) is 30.0. The summed E-state index contributed by atoms with van der Waals surface area (Å²) in [5.41, 5.74) is 7.27. The Morgan fingerprint density at radius 2 is 2.00 bits per heavy atom. The van der Waals surface area contributed by atoms with Gasteiger partial charge in [0, 0.05) is 20.3 Å². The zero-order valence-electron chi connectivity index (χ0n) is 25.5. The number of ether oxygens (including phenoxy) is 2. The second kappa shape index (κ2) is 20.1. The average Bonchev–Trinajstić information content (AvgIpc) is 3.57. The van der Waals surface area contributed by atoms with E-state index in [-0.39, 0.29) is 17.7 Å². The minimum atomic E-state index is -0.422. The maximum Gasteiger partial charge on any atom is 0.211 e. The highest BCUT2D eigenvalue weighted by Gasteiger charge is 2.29. The fourth-order valence-electron chi connectivity index (χ4n) is 4.32. The number of fused-ring (bicyclic) bond motifs is 1. The highest BCUT2D eigenvalue weighted by Crippen LogP contribution is 2.34. The summed E-state index contributed by atoms with van der Waals surface area (Å²) in [7, 11) is 0.578. The third-order valence-electron chi connectivity index (χ3n) is 6.48. The number of hydrogen-bond donors (Lipinski definition) is 4. The van der Waals surface area contributed by atoms with Crippen molar-refractivity contribution in [1.82, 2.24) is 19.5 Å². The number of nitrogens with one attached hydrogen (secondary N) is 1. The first kappa shape index (κ1) is 36.1. The van der Waals surface area contributed by atoms with Crippen molar-refractivity contribution in [2.45, 2.75) is 98.5 Å². The molecule has 40 heavy (non-hydrogen) atoms. The van der Waals surface area contributed by atoms with Crippen molar-refractivity contribution in [1.29, 1.82) is 0 Å². The van der Waals surface area contributed by atoms with Gasteiger partial charge in [-0.25, -0.2) is 15.0 Å². The summed E-state index contributed by atoms with van der Waals surface area (Å²) in [5, 5.41) is 10.5. The number of nitrogens with zero attached hydrogens (tertiary/aromatic N) is 4. The minimum Gasteiger partial charge on any atom is -0.458 e. The molecule has 1 aliphatic rings. The summed E-state index contributed by atoms with van der Waals surface area (Å²) in [6, 6.07) is 0. The van der Waals surface area contributed by atoms with Crippen molar-refractivity contribution in [3.63, 3.8) is 0 Å². The van der Waals surface area contributed by atoms with E-state index in [1.165, 1.54) is 6.26 Å². The number of anilines is 1. The van der Waals surface area contributed by atoms with Crippen molar-refractivity contribution < 1.29 is 24.0 Å². The van der Waals surface area contributed by atoms with Crippen LogP contribution in [0.2, 0.25) is 0 Å². The lowest BCUT2D eigenvalue weighted by Gasteiger charge is -2.26. The molecule has 4 atom stereocenters. The fraction of sp³-hybridized carbons (Fsp3) is 0.750. The smallest absolute Gasteiger partial charge is 0.211 e. The normalized spacial score (nSPS) is 18.2. The summed E-state index contributed by atoms with van der Waals surface area (Å²) < 4.78 is 18.7. The van der Waals surface area contributed by atoms with Crippen LogP contribution in [0.15, 0.2) is 25.0 Å². The third-order valence-corrected chi connectivity index (χ3v) is 6.72. The molecule has 0 aliphatic carbocycles. The lowest BCUT2D eigenvalue weighted by atomic mass is 9.89. The van der Waals surface area contributed by atoms with Crippen LogP contribution in [0.5, 0.6) is 0 Å². The molecule has 1 fully saturated rings. The van der Waals surface area contributed by atoms with E-state index >= 15 is 0 Å². The molecule has 1 aliphatic heterocycles. The Morgan fingerprint density at radius 1 is 1.25 bits per heavy atom. The van der Waals surface area contributed by atoms with E-state index in [2.05, 4.69) is 64.0 Å². The van der Waals surface area contributed by atoms with Gasteiger partial charge in [0.2, 0.25) is 9.03 Å². The molecule has 0 spiro atoms. The Bertz CT molecular complexity index is 958. The molecule has 3 rings (SSSR count). The number of aliphatic hydroxyl groups excluding tert-OH is 1. The first-order valence-electron chi connectivity index (χ1n) is 14.2. The van der Waals surface area contributed by atoms with Gasteiger partial charge < -0.3 is 35.0 Å². The van der Waals surface area contributed by atoms with Gasteiger partial charge in [0.25, 0.3) is 0 Å². The van der Waals surface area contributed by atoms with E-state index in [0.29, 0.717) is 12.0 Å². The largest absolute Gasteiger partial charge is 0.458 e. The second-order valence-corrected chi connectivity index (χ2v) is 11.4. The Kier molecular flexibility index (Phi) is 18.1. The average molecular weight is 585 g/mol. The molecule has 3 unspecified atom stereocenters. The van der Waals surface area contributed by atoms with Crippen LogP contribution in [0, 0.1) is 11.3 Å². The predicted molar refractivity (Wildman–Crippen MR) is 163 cm³/mol. The molecule has 12 heteroatoms. The van der Waals surface area contributed by atoms with Crippen molar-refractivity contribution in [2.75, 3.05) is 32.1 Å². The quantitative estimate of drug-likeness (QED) is 0.163. The Morgan fingerprint density at radius 3 is 2.62 bits per heavy atom. The van der Waals surface area contributed by atoms with Gasteiger partial charge >= 0.3 is 0 Å². The molecule has 0 radical (unpaired) electrons. The van der Waals surface area contributed by atoms with Gasteiger partial charge in [-0.05, 0) is 70.3 Å². The number of aromatic nitrogens is 4. The van der Waals surface area contributed by atoms with Crippen LogP contribution in [-0.2, 0) is 14.0 Å². The second-order valence-electron chi connectivity index (χ2n) is 11.0. The summed E-state index contributed by atoms with van der Waals surface area (Å²) in [4.78, 5) is 21.6. The summed E-state index contributed by atoms with van der Waals surface area (Å²) >= 11 is 0. The van der Waals surface area contributed by atoms with Crippen LogP contribution >= 0.6 is 9.03 Å². The van der Waals surface area contributed by atoms with Crippen LogP contribution < -0.4 is 11.1 Å². The number of rotatable bonds is 15. The lowest BCUT2D eigenvalue weighted by molar-refractivity contribution is -0.00443. The van der Waals surface area contributed by atoms with Crippen LogP contribution in [0.1, 0.15) is 86.3 Å². The molecule has 0 aromatic carbocycles. The molecule has 0 bridgehead atoms. The zero-order valence-corrected chi connectivity index (χ0v) is 26.5. The number of imidazole rings is 1. The van der Waals surface area contributed by atoms with Crippen LogP contribution in [0.25, 0.3) is 11.2 Å². The summed E-state index contributed by atoms with van der Waals surface area (Å²) in [5.74, 6) is 1.41. The Balaban J connectivity index is 0.000000885. The SMILES string of the molecule is CC(C)C[C@@H]1CCC(n2cnc3c(NCC(C)(C)CCOC(C)CCCN)ncnc32)O1.CC=COPO.CO. The van der Waals surface area contributed by atoms with Gasteiger partial charge in [0.15, 0.2) is 17.0 Å². The molecular formula is C28H53N6O5P. The number of hydrogen-bond acceptors (Lipinski definition) is 10. The van der Waals surface area contributed by atoms with Crippen molar-refractivity contribution >= 4 is 26.0 Å². The first-order chi connectivity index (χ1) is 19.2. The van der Waals surface area contributed by atoms with Crippen molar-refractivity contribution in [3.8, 4) is 0 Å². The van der Waals surface area contributed by atoms with E-state index in [1.54, 1.807) is 12.4 Å². The van der Waals surface area contributed by atoms with E-state index in [4.69, 9.17) is 25.2 Å². The van der Waals surface area contributed by atoms with Crippen molar-refractivity contribution in [3.05, 3.63) is 25.0 Å². The molecule has 230 valence electrons. The first-order valence-corrected chi connectivity index (χ1v) is 15.1. The monoisotopic (exact) mass is 584 g/mol. The van der Waals surface area contributed by atoms with Gasteiger partial charge in [-0.3, -0.25) is 4.57 Å². The maximum atomic E-state index is 7.95. The fourth-order valence-corrected chi connectivity index (χ4v) is 4.51. The highest BCUT2D eigenvalue weighted by atomic mass is 31.1.